The Morgan fingerprint density at radius 2 is 1.41 bits per heavy atom. The third kappa shape index (κ3) is 2.90. The minimum atomic E-state index is -0.174. The lowest BCUT2D eigenvalue weighted by atomic mass is 10.1. The molecule has 0 spiro atoms. The molecule has 0 saturated carbocycles. The Bertz CT molecular complexity index is 674. The molecule has 0 aromatic heterocycles. The van der Waals surface area contributed by atoms with Crippen LogP contribution in [-0.2, 0) is 6.42 Å². The molecule has 0 atom stereocenters. The van der Waals surface area contributed by atoms with Crippen LogP contribution in [0.3, 0.4) is 0 Å². The zero-order valence-electron chi connectivity index (χ0n) is 12.1. The molecule has 0 unspecified atom stereocenters. The summed E-state index contributed by atoms with van der Waals surface area (Å²) in [5.74, 6) is -0.348. The maximum Gasteiger partial charge on any atom is 0.261 e. The molecular formula is C18H16ClNO2. The van der Waals surface area contributed by atoms with E-state index in [-0.39, 0.29) is 11.8 Å². The van der Waals surface area contributed by atoms with Crippen molar-refractivity contribution in [3.8, 4) is 0 Å². The van der Waals surface area contributed by atoms with Crippen molar-refractivity contribution in [2.45, 2.75) is 19.3 Å². The van der Waals surface area contributed by atoms with Gasteiger partial charge in [0.2, 0.25) is 0 Å². The highest BCUT2D eigenvalue weighted by atomic mass is 35.5. The molecule has 2 aromatic carbocycles. The van der Waals surface area contributed by atoms with E-state index in [1.165, 1.54) is 10.5 Å². The Hall–Kier alpha value is -2.13. The van der Waals surface area contributed by atoms with E-state index >= 15 is 0 Å². The number of benzene rings is 2. The minimum absolute atomic E-state index is 0.174. The quantitative estimate of drug-likeness (QED) is 0.619. The summed E-state index contributed by atoms with van der Waals surface area (Å²) in [6.07, 6.45) is 2.64. The average molecular weight is 314 g/mol. The first-order valence-corrected chi connectivity index (χ1v) is 7.74. The Labute approximate surface area is 134 Å². The first-order chi connectivity index (χ1) is 10.7. The molecule has 22 heavy (non-hydrogen) atoms. The van der Waals surface area contributed by atoms with Gasteiger partial charge in [0.15, 0.2) is 0 Å². The van der Waals surface area contributed by atoms with Crippen LogP contribution in [0.4, 0.5) is 0 Å². The van der Waals surface area contributed by atoms with Gasteiger partial charge in [0.1, 0.15) is 0 Å². The number of rotatable bonds is 5. The van der Waals surface area contributed by atoms with Crippen molar-refractivity contribution in [1.82, 2.24) is 4.90 Å². The Morgan fingerprint density at radius 1 is 0.818 bits per heavy atom. The number of carbonyl (C=O) groups is 2. The molecule has 1 aliphatic heterocycles. The number of imide groups is 1. The molecular weight excluding hydrogens is 298 g/mol. The summed E-state index contributed by atoms with van der Waals surface area (Å²) >= 11 is 5.85. The molecule has 2 aromatic rings. The Kier molecular flexibility index (Phi) is 4.25. The number of carbonyl (C=O) groups excluding carboxylic acids is 2. The predicted octanol–water partition coefficient (Wildman–Crippen LogP) is 3.96. The maximum absolute atomic E-state index is 12.2. The summed E-state index contributed by atoms with van der Waals surface area (Å²) in [7, 11) is 0. The molecule has 112 valence electrons. The van der Waals surface area contributed by atoms with E-state index in [0.29, 0.717) is 17.7 Å². The third-order valence-corrected chi connectivity index (χ3v) is 4.14. The zero-order chi connectivity index (χ0) is 15.5. The predicted molar refractivity (Wildman–Crippen MR) is 86.2 cm³/mol. The molecule has 1 aliphatic rings. The monoisotopic (exact) mass is 313 g/mol. The van der Waals surface area contributed by atoms with Crippen molar-refractivity contribution in [3.63, 3.8) is 0 Å². The molecule has 3 rings (SSSR count). The van der Waals surface area contributed by atoms with Crippen LogP contribution in [0, 0.1) is 0 Å². The molecule has 0 radical (unpaired) electrons. The zero-order valence-corrected chi connectivity index (χ0v) is 12.8. The fourth-order valence-corrected chi connectivity index (χ4v) is 2.82. The molecule has 1 heterocycles. The van der Waals surface area contributed by atoms with E-state index < -0.39 is 0 Å². The van der Waals surface area contributed by atoms with Crippen LogP contribution >= 0.6 is 11.6 Å². The van der Waals surface area contributed by atoms with E-state index in [0.717, 1.165) is 24.3 Å². The third-order valence-electron chi connectivity index (χ3n) is 3.89. The summed E-state index contributed by atoms with van der Waals surface area (Å²) < 4.78 is 0. The highest BCUT2D eigenvalue weighted by molar-refractivity contribution is 6.30. The molecule has 0 saturated heterocycles. The van der Waals surface area contributed by atoms with Gasteiger partial charge in [-0.2, -0.15) is 0 Å². The largest absolute Gasteiger partial charge is 0.274 e. The van der Waals surface area contributed by atoms with Crippen molar-refractivity contribution in [2.75, 3.05) is 6.54 Å². The van der Waals surface area contributed by atoms with Gasteiger partial charge < -0.3 is 0 Å². The fourth-order valence-electron chi connectivity index (χ4n) is 2.69. The van der Waals surface area contributed by atoms with E-state index in [1.807, 2.05) is 24.3 Å². The van der Waals surface area contributed by atoms with Crippen LogP contribution in [-0.4, -0.2) is 23.3 Å². The first-order valence-electron chi connectivity index (χ1n) is 7.36. The van der Waals surface area contributed by atoms with E-state index in [2.05, 4.69) is 0 Å². The summed E-state index contributed by atoms with van der Waals surface area (Å²) in [6.45, 7) is 0.472. The highest BCUT2D eigenvalue weighted by Crippen LogP contribution is 2.22. The molecule has 3 nitrogen and oxygen atoms in total. The van der Waals surface area contributed by atoms with Gasteiger partial charge in [0.25, 0.3) is 11.8 Å². The number of fused-ring (bicyclic) bond motifs is 1. The minimum Gasteiger partial charge on any atom is -0.274 e. The number of hydrogen-bond acceptors (Lipinski definition) is 2. The number of halogens is 1. The van der Waals surface area contributed by atoms with Crippen LogP contribution in [0.5, 0.6) is 0 Å². The van der Waals surface area contributed by atoms with Gasteiger partial charge in [-0.25, -0.2) is 0 Å². The normalized spacial score (nSPS) is 13.6. The number of nitrogens with zero attached hydrogens (tertiary/aromatic N) is 1. The van der Waals surface area contributed by atoms with Crippen LogP contribution in [0.25, 0.3) is 0 Å². The Balaban J connectivity index is 1.54. The second-order valence-electron chi connectivity index (χ2n) is 5.39. The van der Waals surface area contributed by atoms with Gasteiger partial charge in [-0.3, -0.25) is 14.5 Å². The van der Waals surface area contributed by atoms with E-state index in [4.69, 9.17) is 11.6 Å². The molecule has 0 N–H and O–H groups in total. The summed E-state index contributed by atoms with van der Waals surface area (Å²) in [5.41, 5.74) is 2.25. The van der Waals surface area contributed by atoms with Gasteiger partial charge in [-0.1, -0.05) is 35.9 Å². The lowest BCUT2D eigenvalue weighted by Gasteiger charge is -2.13. The van der Waals surface area contributed by atoms with Crippen LogP contribution < -0.4 is 0 Å². The second kappa shape index (κ2) is 6.32. The van der Waals surface area contributed by atoms with E-state index in [1.54, 1.807) is 24.3 Å². The molecule has 0 aliphatic carbocycles. The van der Waals surface area contributed by atoms with Crippen LogP contribution in [0.1, 0.15) is 39.1 Å². The van der Waals surface area contributed by atoms with Crippen molar-refractivity contribution < 1.29 is 9.59 Å². The maximum atomic E-state index is 12.2. The standard InChI is InChI=1S/C18H16ClNO2/c19-14-10-8-13(9-11-14)5-3-4-12-20-17(21)15-6-1-2-7-16(15)18(20)22/h1-2,6-11H,3-5,12H2. The van der Waals surface area contributed by atoms with Crippen molar-refractivity contribution >= 4 is 23.4 Å². The van der Waals surface area contributed by atoms with Crippen LogP contribution in [0.2, 0.25) is 5.02 Å². The fraction of sp³-hybridized carbons (Fsp3) is 0.222. The molecule has 4 heteroatoms. The lowest BCUT2D eigenvalue weighted by molar-refractivity contribution is 0.0652. The van der Waals surface area contributed by atoms with E-state index in [9.17, 15) is 9.59 Å². The van der Waals surface area contributed by atoms with Crippen molar-refractivity contribution in [2.24, 2.45) is 0 Å². The molecule has 0 fully saturated rings. The number of hydrogen-bond donors (Lipinski definition) is 0. The van der Waals surface area contributed by atoms with Gasteiger partial charge >= 0.3 is 0 Å². The topological polar surface area (TPSA) is 37.4 Å². The first kappa shape index (κ1) is 14.8. The summed E-state index contributed by atoms with van der Waals surface area (Å²) in [5, 5.41) is 0.731. The summed E-state index contributed by atoms with van der Waals surface area (Å²) in [6, 6.07) is 14.8. The molecule has 2 amide bonds. The Morgan fingerprint density at radius 3 is 2.00 bits per heavy atom. The van der Waals surface area contributed by atoms with Crippen molar-refractivity contribution in [3.05, 3.63) is 70.2 Å². The number of aryl methyl sites for hydroxylation is 1. The average Bonchev–Trinajstić information content (AvgIpc) is 2.78. The van der Waals surface area contributed by atoms with Gasteiger partial charge in [-0.15, -0.1) is 0 Å². The van der Waals surface area contributed by atoms with Crippen LogP contribution in [0.15, 0.2) is 48.5 Å². The SMILES string of the molecule is O=C1c2ccccc2C(=O)N1CCCCc1ccc(Cl)cc1. The van der Waals surface area contributed by atoms with Gasteiger partial charge in [0.05, 0.1) is 11.1 Å². The summed E-state index contributed by atoms with van der Waals surface area (Å²) in [4.78, 5) is 25.8. The smallest absolute Gasteiger partial charge is 0.261 e. The van der Waals surface area contributed by atoms with Crippen molar-refractivity contribution in [1.29, 1.82) is 0 Å². The second-order valence-corrected chi connectivity index (χ2v) is 5.83. The lowest BCUT2D eigenvalue weighted by Crippen LogP contribution is -2.30. The van der Waals surface area contributed by atoms with Gasteiger partial charge in [-0.05, 0) is 49.1 Å². The number of amides is 2. The molecule has 0 bridgehead atoms. The number of unbranched alkanes of at least 4 members (excludes halogenated alkanes) is 1. The highest BCUT2D eigenvalue weighted by Gasteiger charge is 2.34. The van der Waals surface area contributed by atoms with Gasteiger partial charge in [0, 0.05) is 11.6 Å².